The van der Waals surface area contributed by atoms with Crippen LogP contribution in [0.1, 0.15) is 19.4 Å². The maximum atomic E-state index is 12.6. The molecule has 0 fully saturated rings. The molecule has 0 radical (unpaired) electrons. The van der Waals surface area contributed by atoms with E-state index in [9.17, 15) is 10.1 Å². The van der Waals surface area contributed by atoms with Gasteiger partial charge in [-0.15, -0.1) is 10.2 Å². The molecular weight excluding hydrogens is 382 g/mol. The summed E-state index contributed by atoms with van der Waals surface area (Å²) in [5, 5.41) is 18.6. The van der Waals surface area contributed by atoms with E-state index < -0.39 is 5.54 Å². The van der Waals surface area contributed by atoms with E-state index in [1.165, 1.54) is 16.7 Å². The van der Waals surface area contributed by atoms with Crippen LogP contribution >= 0.6 is 11.8 Å². The summed E-state index contributed by atoms with van der Waals surface area (Å²) in [6.07, 6.45) is 0. The quantitative estimate of drug-likeness (QED) is 0.577. The predicted molar refractivity (Wildman–Crippen MR) is 115 cm³/mol. The van der Waals surface area contributed by atoms with Gasteiger partial charge in [0.05, 0.1) is 11.8 Å². The van der Waals surface area contributed by atoms with Crippen LogP contribution in [0.25, 0.3) is 17.1 Å². The molecule has 1 aromatic heterocycles. The fourth-order valence-electron chi connectivity index (χ4n) is 2.67. The van der Waals surface area contributed by atoms with Gasteiger partial charge in [-0.05, 0) is 32.9 Å². The second kappa shape index (κ2) is 8.50. The Balaban J connectivity index is 1.93. The average molecular weight is 406 g/mol. The van der Waals surface area contributed by atoms with Crippen LogP contribution in [0.15, 0.2) is 59.8 Å². The number of aryl methyl sites for hydroxylation is 1. The molecule has 0 saturated carbocycles. The second-order valence-corrected chi connectivity index (χ2v) is 8.20. The van der Waals surface area contributed by atoms with Crippen molar-refractivity contribution < 1.29 is 4.79 Å². The van der Waals surface area contributed by atoms with Gasteiger partial charge in [0.15, 0.2) is 11.0 Å². The summed E-state index contributed by atoms with van der Waals surface area (Å²) in [6.45, 7) is 5.48. The molecule has 0 bridgehead atoms. The number of nitrogens with zero attached hydrogens (tertiary/aromatic N) is 5. The van der Waals surface area contributed by atoms with Crippen LogP contribution in [0.3, 0.4) is 0 Å². The highest BCUT2D eigenvalue weighted by molar-refractivity contribution is 7.99. The monoisotopic (exact) mass is 405 g/mol. The lowest BCUT2D eigenvalue weighted by molar-refractivity contribution is -0.130. The summed E-state index contributed by atoms with van der Waals surface area (Å²) < 4.78 is 1.96. The fraction of sp³-hybridized carbons (Fsp3) is 0.273. The van der Waals surface area contributed by atoms with Crippen LogP contribution in [0.5, 0.6) is 0 Å². The van der Waals surface area contributed by atoms with E-state index in [1.807, 2.05) is 66.1 Å². The third-order valence-electron chi connectivity index (χ3n) is 4.77. The minimum Gasteiger partial charge on any atom is -0.327 e. The molecule has 0 unspecified atom stereocenters. The molecule has 0 aliphatic rings. The summed E-state index contributed by atoms with van der Waals surface area (Å²) in [4.78, 5) is 14.1. The number of thioether (sulfide) groups is 1. The van der Waals surface area contributed by atoms with Gasteiger partial charge >= 0.3 is 0 Å². The Morgan fingerprint density at radius 3 is 2.41 bits per heavy atom. The zero-order chi connectivity index (χ0) is 21.0. The van der Waals surface area contributed by atoms with Crippen LogP contribution in [0.2, 0.25) is 0 Å². The lowest BCUT2D eigenvalue weighted by atomic mass is 10.1. The number of benzene rings is 2. The molecule has 29 heavy (non-hydrogen) atoms. The van der Waals surface area contributed by atoms with Crippen molar-refractivity contribution in [3.63, 3.8) is 0 Å². The smallest absolute Gasteiger partial charge is 0.234 e. The lowest BCUT2D eigenvalue weighted by Crippen LogP contribution is -2.44. The van der Waals surface area contributed by atoms with Crippen molar-refractivity contribution >= 4 is 17.7 Å². The van der Waals surface area contributed by atoms with E-state index in [0.717, 1.165) is 22.6 Å². The van der Waals surface area contributed by atoms with E-state index in [4.69, 9.17) is 0 Å². The number of amides is 1. The molecule has 2 aromatic carbocycles. The zero-order valence-electron chi connectivity index (χ0n) is 17.0. The molecule has 0 aliphatic carbocycles. The maximum Gasteiger partial charge on any atom is 0.234 e. The molecule has 0 atom stereocenters. The van der Waals surface area contributed by atoms with Gasteiger partial charge in [0.1, 0.15) is 5.54 Å². The average Bonchev–Trinajstić information content (AvgIpc) is 3.16. The van der Waals surface area contributed by atoms with Gasteiger partial charge in [0, 0.05) is 18.3 Å². The summed E-state index contributed by atoms with van der Waals surface area (Å²) in [6, 6.07) is 20.1. The number of rotatable bonds is 6. The molecule has 3 aromatic rings. The third kappa shape index (κ3) is 4.49. The van der Waals surface area contributed by atoms with E-state index in [1.54, 1.807) is 20.9 Å². The first-order valence-corrected chi connectivity index (χ1v) is 10.2. The minimum atomic E-state index is -0.864. The Hall–Kier alpha value is -3.11. The van der Waals surface area contributed by atoms with Gasteiger partial charge < -0.3 is 4.90 Å². The van der Waals surface area contributed by atoms with Crippen molar-refractivity contribution in [2.75, 3.05) is 12.8 Å². The van der Waals surface area contributed by atoms with Gasteiger partial charge in [-0.25, -0.2) is 0 Å². The minimum absolute atomic E-state index is 0.138. The molecule has 1 heterocycles. The first-order chi connectivity index (χ1) is 13.8. The molecule has 0 N–H and O–H groups in total. The Morgan fingerprint density at radius 1 is 1.14 bits per heavy atom. The predicted octanol–water partition coefficient (Wildman–Crippen LogP) is 4.10. The molecule has 0 saturated heterocycles. The van der Waals surface area contributed by atoms with Crippen LogP contribution in [-0.4, -0.2) is 43.9 Å². The van der Waals surface area contributed by atoms with Crippen molar-refractivity contribution in [2.45, 2.75) is 31.5 Å². The molecule has 148 valence electrons. The first kappa shape index (κ1) is 20.6. The van der Waals surface area contributed by atoms with Crippen molar-refractivity contribution in [2.24, 2.45) is 0 Å². The number of hydrogen-bond acceptors (Lipinski definition) is 5. The summed E-state index contributed by atoms with van der Waals surface area (Å²) in [7, 11) is 1.65. The van der Waals surface area contributed by atoms with E-state index in [0.29, 0.717) is 5.16 Å². The molecule has 0 aliphatic heterocycles. The number of carbonyl (C=O) groups is 1. The van der Waals surface area contributed by atoms with Gasteiger partial charge in [-0.1, -0.05) is 59.8 Å². The summed E-state index contributed by atoms with van der Waals surface area (Å²) >= 11 is 1.31. The normalized spacial score (nSPS) is 11.1. The third-order valence-corrected chi connectivity index (χ3v) is 5.68. The van der Waals surface area contributed by atoms with Gasteiger partial charge in [-0.3, -0.25) is 9.36 Å². The molecular formula is C22H23N5OS. The Morgan fingerprint density at radius 2 is 1.79 bits per heavy atom. The summed E-state index contributed by atoms with van der Waals surface area (Å²) in [5.41, 5.74) is 2.17. The summed E-state index contributed by atoms with van der Waals surface area (Å²) in [5.74, 6) is 0.747. The zero-order valence-corrected chi connectivity index (χ0v) is 17.8. The standard InChI is InChI=1S/C22H23N5OS/c1-16-10-12-18(13-11-16)27-20(17-8-6-5-7-9-17)24-25-21(27)29-14-19(28)26(4)22(2,3)15-23/h5-13H,14H2,1-4H3. The van der Waals surface area contributed by atoms with E-state index >= 15 is 0 Å². The molecule has 3 rings (SSSR count). The number of hydrogen-bond donors (Lipinski definition) is 0. The van der Waals surface area contributed by atoms with Gasteiger partial charge in [0.25, 0.3) is 0 Å². The largest absolute Gasteiger partial charge is 0.327 e. The highest BCUT2D eigenvalue weighted by Crippen LogP contribution is 2.28. The molecule has 0 spiro atoms. The van der Waals surface area contributed by atoms with Crippen molar-refractivity contribution in [1.29, 1.82) is 5.26 Å². The molecule has 7 heteroatoms. The van der Waals surface area contributed by atoms with Crippen molar-refractivity contribution in [3.05, 3.63) is 60.2 Å². The van der Waals surface area contributed by atoms with Gasteiger partial charge in [0.2, 0.25) is 5.91 Å². The van der Waals surface area contributed by atoms with Crippen LogP contribution in [0, 0.1) is 18.3 Å². The maximum absolute atomic E-state index is 12.6. The number of carbonyl (C=O) groups excluding carboxylic acids is 1. The SMILES string of the molecule is Cc1ccc(-n2c(SCC(=O)N(C)C(C)(C)C#N)nnc2-c2ccccc2)cc1. The lowest BCUT2D eigenvalue weighted by Gasteiger charge is -2.28. The van der Waals surface area contributed by atoms with E-state index in [-0.39, 0.29) is 11.7 Å². The first-order valence-electron chi connectivity index (χ1n) is 9.22. The topological polar surface area (TPSA) is 74.8 Å². The fourth-order valence-corrected chi connectivity index (χ4v) is 3.54. The van der Waals surface area contributed by atoms with Crippen molar-refractivity contribution in [1.82, 2.24) is 19.7 Å². The van der Waals surface area contributed by atoms with Crippen molar-refractivity contribution in [3.8, 4) is 23.1 Å². The van der Waals surface area contributed by atoms with Crippen LogP contribution in [-0.2, 0) is 4.79 Å². The Bertz CT molecular complexity index is 1040. The number of aromatic nitrogens is 3. The Kier molecular flexibility index (Phi) is 6.04. The Labute approximate surface area is 175 Å². The molecule has 1 amide bonds. The highest BCUT2D eigenvalue weighted by atomic mass is 32.2. The highest BCUT2D eigenvalue weighted by Gasteiger charge is 2.27. The molecule has 6 nitrogen and oxygen atoms in total. The van der Waals surface area contributed by atoms with E-state index in [2.05, 4.69) is 16.3 Å². The van der Waals surface area contributed by atoms with Crippen LogP contribution < -0.4 is 0 Å². The second-order valence-electron chi connectivity index (χ2n) is 7.26. The van der Waals surface area contributed by atoms with Gasteiger partial charge in [-0.2, -0.15) is 5.26 Å². The van der Waals surface area contributed by atoms with Crippen LogP contribution in [0.4, 0.5) is 0 Å². The number of nitriles is 1.